The normalized spacial score (nSPS) is 10.6. The molecule has 1 aromatic heterocycles. The fraction of sp³-hybridized carbons (Fsp3) is 0.400. The number of anilines is 1. The zero-order valence-electron chi connectivity index (χ0n) is 13.2. The number of carbonyl (C=O) groups is 1. The summed E-state index contributed by atoms with van der Waals surface area (Å²) in [6, 6.07) is 3.63. The number of hydrogen-bond acceptors (Lipinski definition) is 6. The molecule has 0 bridgehead atoms. The molecule has 0 aliphatic carbocycles. The number of nitrogens with one attached hydrogen (secondary N) is 1. The summed E-state index contributed by atoms with van der Waals surface area (Å²) in [5.74, 6) is 1.34. The van der Waals surface area contributed by atoms with Gasteiger partial charge in [-0.25, -0.2) is 0 Å². The van der Waals surface area contributed by atoms with E-state index in [1.54, 1.807) is 11.8 Å². The van der Waals surface area contributed by atoms with Crippen LogP contribution in [-0.4, -0.2) is 28.5 Å². The van der Waals surface area contributed by atoms with E-state index in [0.717, 1.165) is 27.6 Å². The average Bonchev–Trinajstić information content (AvgIpc) is 2.95. The van der Waals surface area contributed by atoms with E-state index in [1.807, 2.05) is 26.0 Å². The number of aryl methyl sites for hydroxylation is 2. The number of benzene rings is 1. The van der Waals surface area contributed by atoms with Gasteiger partial charge < -0.3 is 4.74 Å². The molecule has 8 heteroatoms. The van der Waals surface area contributed by atoms with E-state index in [9.17, 15) is 4.79 Å². The van der Waals surface area contributed by atoms with Gasteiger partial charge in [0.05, 0.1) is 0 Å². The number of hydrogen-bond donors (Lipinski definition) is 1. The number of rotatable bonds is 7. The van der Waals surface area contributed by atoms with Crippen LogP contribution in [0.15, 0.2) is 16.5 Å². The van der Waals surface area contributed by atoms with Crippen LogP contribution in [0.4, 0.5) is 5.13 Å². The molecule has 1 heterocycles. The second kappa shape index (κ2) is 8.52. The molecule has 23 heavy (non-hydrogen) atoms. The maximum atomic E-state index is 11.9. The summed E-state index contributed by atoms with van der Waals surface area (Å²) in [4.78, 5) is 11.9. The van der Waals surface area contributed by atoms with Crippen LogP contribution in [0.2, 0.25) is 5.02 Å². The Kier molecular flexibility index (Phi) is 6.68. The first kappa shape index (κ1) is 18.0. The predicted molar refractivity (Wildman–Crippen MR) is 96.0 cm³/mol. The molecule has 1 aromatic carbocycles. The molecular weight excluding hydrogens is 354 g/mol. The van der Waals surface area contributed by atoms with Crippen molar-refractivity contribution in [2.75, 3.05) is 17.7 Å². The molecule has 0 saturated carbocycles. The van der Waals surface area contributed by atoms with E-state index in [4.69, 9.17) is 16.3 Å². The Hall–Kier alpha value is -1.31. The smallest absolute Gasteiger partial charge is 0.264 e. The van der Waals surface area contributed by atoms with Gasteiger partial charge in [0.15, 0.2) is 10.9 Å². The third-order valence-electron chi connectivity index (χ3n) is 2.86. The van der Waals surface area contributed by atoms with Crippen molar-refractivity contribution in [3.8, 4) is 5.75 Å². The lowest BCUT2D eigenvalue weighted by molar-refractivity contribution is -0.118. The molecule has 0 radical (unpaired) electrons. The summed E-state index contributed by atoms with van der Waals surface area (Å²) in [6.07, 6.45) is 1.07. The average molecular weight is 372 g/mol. The summed E-state index contributed by atoms with van der Waals surface area (Å²) in [5, 5.41) is 11.9. The van der Waals surface area contributed by atoms with Gasteiger partial charge in [-0.1, -0.05) is 41.6 Å². The molecule has 1 N–H and O–H groups in total. The Labute approximate surface area is 148 Å². The Morgan fingerprint density at radius 2 is 2.04 bits per heavy atom. The summed E-state index contributed by atoms with van der Waals surface area (Å²) >= 11 is 9.11. The number of aromatic nitrogens is 2. The van der Waals surface area contributed by atoms with Gasteiger partial charge in [0.1, 0.15) is 5.75 Å². The van der Waals surface area contributed by atoms with Gasteiger partial charge in [0, 0.05) is 10.8 Å². The summed E-state index contributed by atoms with van der Waals surface area (Å²) in [5.41, 5.74) is 1.84. The van der Waals surface area contributed by atoms with Crippen LogP contribution in [0.25, 0.3) is 0 Å². The molecule has 0 spiro atoms. The molecule has 0 atom stereocenters. The van der Waals surface area contributed by atoms with Crippen LogP contribution in [0.1, 0.15) is 24.5 Å². The van der Waals surface area contributed by atoms with E-state index >= 15 is 0 Å². The zero-order chi connectivity index (χ0) is 16.8. The van der Waals surface area contributed by atoms with Gasteiger partial charge in [-0.3, -0.25) is 10.1 Å². The first-order valence-electron chi connectivity index (χ1n) is 7.15. The molecule has 5 nitrogen and oxygen atoms in total. The highest BCUT2D eigenvalue weighted by Crippen LogP contribution is 2.27. The monoisotopic (exact) mass is 371 g/mol. The van der Waals surface area contributed by atoms with E-state index in [1.165, 1.54) is 11.3 Å². The van der Waals surface area contributed by atoms with E-state index in [2.05, 4.69) is 22.4 Å². The van der Waals surface area contributed by atoms with Gasteiger partial charge in [0.2, 0.25) is 5.13 Å². The van der Waals surface area contributed by atoms with Crippen LogP contribution in [-0.2, 0) is 4.79 Å². The van der Waals surface area contributed by atoms with Crippen LogP contribution in [0.5, 0.6) is 5.75 Å². The van der Waals surface area contributed by atoms with Gasteiger partial charge in [-0.2, -0.15) is 0 Å². The molecule has 2 rings (SSSR count). The van der Waals surface area contributed by atoms with E-state index in [0.29, 0.717) is 15.9 Å². The van der Waals surface area contributed by atoms with Crippen LogP contribution in [0.3, 0.4) is 0 Å². The van der Waals surface area contributed by atoms with Crippen molar-refractivity contribution >= 4 is 45.7 Å². The maximum Gasteiger partial charge on any atom is 0.264 e. The van der Waals surface area contributed by atoms with Crippen molar-refractivity contribution in [1.29, 1.82) is 0 Å². The summed E-state index contributed by atoms with van der Waals surface area (Å²) in [6.45, 7) is 5.82. The quantitative estimate of drug-likeness (QED) is 0.579. The van der Waals surface area contributed by atoms with Crippen LogP contribution < -0.4 is 10.1 Å². The zero-order valence-corrected chi connectivity index (χ0v) is 15.6. The van der Waals surface area contributed by atoms with Crippen molar-refractivity contribution in [2.24, 2.45) is 0 Å². The van der Waals surface area contributed by atoms with Gasteiger partial charge >= 0.3 is 0 Å². The number of ether oxygens (including phenoxy) is 1. The Morgan fingerprint density at radius 1 is 1.35 bits per heavy atom. The van der Waals surface area contributed by atoms with Crippen LogP contribution in [0, 0.1) is 13.8 Å². The van der Waals surface area contributed by atoms with Crippen LogP contribution >= 0.6 is 34.7 Å². The van der Waals surface area contributed by atoms with Crippen molar-refractivity contribution in [3.05, 3.63) is 28.3 Å². The van der Waals surface area contributed by atoms with Crippen molar-refractivity contribution in [2.45, 2.75) is 31.5 Å². The highest BCUT2D eigenvalue weighted by atomic mass is 35.5. The largest absolute Gasteiger partial charge is 0.484 e. The minimum atomic E-state index is -0.265. The fourth-order valence-corrected chi connectivity index (χ4v) is 3.60. The van der Waals surface area contributed by atoms with E-state index < -0.39 is 0 Å². The maximum absolute atomic E-state index is 11.9. The Morgan fingerprint density at radius 3 is 2.70 bits per heavy atom. The molecule has 0 unspecified atom stereocenters. The highest BCUT2D eigenvalue weighted by molar-refractivity contribution is 8.01. The van der Waals surface area contributed by atoms with Crippen molar-refractivity contribution < 1.29 is 9.53 Å². The second-order valence-electron chi connectivity index (χ2n) is 4.93. The first-order chi connectivity index (χ1) is 11.0. The third kappa shape index (κ3) is 5.37. The minimum Gasteiger partial charge on any atom is -0.484 e. The SMILES string of the molecule is CCCSc1nnc(NC(=O)COc2cc(C)c(Cl)c(C)c2)s1. The number of halogens is 1. The Bertz CT molecular complexity index is 668. The molecular formula is C15H18ClN3O2S2. The molecule has 0 aliphatic rings. The molecule has 2 aromatic rings. The summed E-state index contributed by atoms with van der Waals surface area (Å²) < 4.78 is 6.36. The molecule has 0 aliphatic heterocycles. The predicted octanol–water partition coefficient (Wildman–Crippen LogP) is 4.33. The Balaban J connectivity index is 1.86. The molecule has 0 saturated heterocycles. The lowest BCUT2D eigenvalue weighted by atomic mass is 10.1. The topological polar surface area (TPSA) is 64.1 Å². The number of amides is 1. The number of thioether (sulfide) groups is 1. The second-order valence-corrected chi connectivity index (χ2v) is 7.63. The first-order valence-corrected chi connectivity index (χ1v) is 9.33. The van der Waals surface area contributed by atoms with Gasteiger partial charge in [-0.15, -0.1) is 10.2 Å². The van der Waals surface area contributed by atoms with Gasteiger partial charge in [-0.05, 0) is 43.5 Å². The fourth-order valence-electron chi connectivity index (χ4n) is 1.80. The molecule has 124 valence electrons. The third-order valence-corrected chi connectivity index (χ3v) is 5.64. The lowest BCUT2D eigenvalue weighted by Gasteiger charge is -2.09. The standard InChI is InChI=1S/C15H18ClN3O2S2/c1-4-5-22-15-19-18-14(23-15)17-12(20)8-21-11-6-9(2)13(16)10(3)7-11/h6-7H,4-5,8H2,1-3H3,(H,17,18,20). The van der Waals surface area contributed by atoms with E-state index in [-0.39, 0.29) is 12.5 Å². The van der Waals surface area contributed by atoms with Gasteiger partial charge in [0.25, 0.3) is 5.91 Å². The highest BCUT2D eigenvalue weighted by Gasteiger charge is 2.10. The number of carbonyl (C=O) groups excluding carboxylic acids is 1. The molecule has 1 amide bonds. The number of nitrogens with zero attached hydrogens (tertiary/aromatic N) is 2. The lowest BCUT2D eigenvalue weighted by Crippen LogP contribution is -2.20. The minimum absolute atomic E-state index is 0.0858. The van der Waals surface area contributed by atoms with Crippen molar-refractivity contribution in [1.82, 2.24) is 10.2 Å². The van der Waals surface area contributed by atoms with Crippen molar-refractivity contribution in [3.63, 3.8) is 0 Å². The molecule has 0 fully saturated rings. The summed E-state index contributed by atoms with van der Waals surface area (Å²) in [7, 11) is 0.